The fraction of sp³-hybridized carbons (Fsp3) is 0.263. The molecule has 6 rings (SSSR count). The van der Waals surface area contributed by atoms with Gasteiger partial charge in [-0.15, -0.1) is 0 Å². The lowest BCUT2D eigenvalue weighted by atomic mass is 10.0. The molecule has 0 fully saturated rings. The number of benzene rings is 4. The molecule has 0 radical (unpaired) electrons. The van der Waals surface area contributed by atoms with Crippen molar-refractivity contribution in [2.45, 2.75) is 19.5 Å². The van der Waals surface area contributed by atoms with Crippen molar-refractivity contribution >= 4 is 11.6 Å². The number of aryl methyl sites for hydroxylation is 1. The molecule has 5 aromatic rings. The van der Waals surface area contributed by atoms with Crippen LogP contribution in [-0.2, 0) is 0 Å². The number of nitrogens with one attached hydrogen (secondary N) is 2. The standard InChI is InChI=1S/C38H39N3O9/c1-22-8-11-27-26(16-22)38(42)40-37(39-27)24-10-13-30(32(18-24)44-3)48-14-7-15-49-33-17-23(9-12-29(33)43-2)31-21-28(41-50-31)25-19-34(45-4)36(47-6)35(20-25)46-5/h8-13,16-21,37,39H,7,14-15H2,1-6H3,(H,40,42). The zero-order chi connectivity index (χ0) is 35.2. The highest BCUT2D eigenvalue weighted by Crippen LogP contribution is 2.42. The molecule has 1 unspecified atom stereocenters. The van der Waals surface area contributed by atoms with E-state index in [-0.39, 0.29) is 5.91 Å². The third kappa shape index (κ3) is 7.05. The number of rotatable bonds is 14. The number of methoxy groups -OCH3 is 5. The summed E-state index contributed by atoms with van der Waals surface area (Å²) < 4.78 is 45.4. The molecule has 0 bridgehead atoms. The van der Waals surface area contributed by atoms with Gasteiger partial charge >= 0.3 is 0 Å². The van der Waals surface area contributed by atoms with Gasteiger partial charge in [-0.3, -0.25) is 4.79 Å². The van der Waals surface area contributed by atoms with Gasteiger partial charge in [0.2, 0.25) is 5.75 Å². The minimum atomic E-state index is -0.405. The molecule has 12 heteroatoms. The molecule has 1 atom stereocenters. The van der Waals surface area contributed by atoms with Gasteiger partial charge in [0.1, 0.15) is 11.9 Å². The van der Waals surface area contributed by atoms with E-state index in [2.05, 4.69) is 15.8 Å². The first-order valence-electron chi connectivity index (χ1n) is 15.9. The van der Waals surface area contributed by atoms with Crippen LogP contribution in [0.4, 0.5) is 5.69 Å². The summed E-state index contributed by atoms with van der Waals surface area (Å²) in [5.41, 5.74) is 5.37. The third-order valence-electron chi connectivity index (χ3n) is 8.24. The van der Waals surface area contributed by atoms with Gasteiger partial charge in [-0.2, -0.15) is 0 Å². The van der Waals surface area contributed by atoms with Crippen molar-refractivity contribution in [3.05, 3.63) is 89.5 Å². The van der Waals surface area contributed by atoms with Crippen LogP contribution in [0.25, 0.3) is 22.6 Å². The van der Waals surface area contributed by atoms with Crippen LogP contribution >= 0.6 is 0 Å². The molecule has 1 aromatic heterocycles. The highest BCUT2D eigenvalue weighted by Gasteiger charge is 2.25. The number of carbonyl (C=O) groups is 1. The van der Waals surface area contributed by atoms with Crippen LogP contribution in [0.15, 0.2) is 77.3 Å². The van der Waals surface area contributed by atoms with E-state index < -0.39 is 6.17 Å². The molecule has 12 nitrogen and oxygen atoms in total. The number of anilines is 1. The largest absolute Gasteiger partial charge is 0.493 e. The van der Waals surface area contributed by atoms with Crippen molar-refractivity contribution < 1.29 is 42.5 Å². The molecule has 260 valence electrons. The number of carbonyl (C=O) groups excluding carboxylic acids is 1. The average molecular weight is 682 g/mol. The van der Waals surface area contributed by atoms with E-state index in [1.54, 1.807) is 35.5 Å². The molecule has 50 heavy (non-hydrogen) atoms. The molecule has 2 heterocycles. The second-order valence-corrected chi connectivity index (χ2v) is 11.4. The highest BCUT2D eigenvalue weighted by atomic mass is 16.5. The van der Waals surface area contributed by atoms with Gasteiger partial charge in [0.25, 0.3) is 5.91 Å². The van der Waals surface area contributed by atoms with Crippen LogP contribution in [-0.4, -0.2) is 59.8 Å². The lowest BCUT2D eigenvalue weighted by Gasteiger charge is -2.28. The molecule has 0 aliphatic carbocycles. The number of aromatic nitrogens is 1. The van der Waals surface area contributed by atoms with Crippen molar-refractivity contribution in [1.82, 2.24) is 10.5 Å². The SMILES string of the molecule is COc1cc(C2NC(=O)c3cc(C)ccc3N2)ccc1OCCCOc1cc(-c2cc(-c3cc(OC)c(OC)c(OC)c3)no2)ccc1OC. The van der Waals surface area contributed by atoms with Gasteiger partial charge in [0.15, 0.2) is 40.3 Å². The first kappa shape index (κ1) is 33.8. The van der Waals surface area contributed by atoms with Gasteiger partial charge in [-0.05, 0) is 67.1 Å². The maximum absolute atomic E-state index is 12.7. The lowest BCUT2D eigenvalue weighted by molar-refractivity contribution is 0.0935. The third-order valence-corrected chi connectivity index (χ3v) is 8.24. The monoisotopic (exact) mass is 681 g/mol. The summed E-state index contributed by atoms with van der Waals surface area (Å²) in [4.78, 5) is 12.7. The van der Waals surface area contributed by atoms with Gasteiger partial charge in [0.05, 0.1) is 54.3 Å². The van der Waals surface area contributed by atoms with Crippen LogP contribution < -0.4 is 43.8 Å². The Kier molecular flexibility index (Phi) is 10.2. The van der Waals surface area contributed by atoms with E-state index in [1.807, 2.05) is 79.7 Å². The van der Waals surface area contributed by atoms with E-state index >= 15 is 0 Å². The predicted octanol–water partition coefficient (Wildman–Crippen LogP) is 7.06. The van der Waals surface area contributed by atoms with Crippen molar-refractivity contribution in [3.63, 3.8) is 0 Å². The van der Waals surface area contributed by atoms with Crippen molar-refractivity contribution in [2.24, 2.45) is 0 Å². The van der Waals surface area contributed by atoms with Gasteiger partial charge < -0.3 is 48.3 Å². The summed E-state index contributed by atoms with van der Waals surface area (Å²) in [6.07, 6.45) is 0.181. The normalized spacial score (nSPS) is 13.4. The summed E-state index contributed by atoms with van der Waals surface area (Å²) in [5, 5.41) is 10.7. The van der Waals surface area contributed by atoms with E-state index in [4.69, 9.17) is 37.7 Å². The summed E-state index contributed by atoms with van der Waals surface area (Å²) in [6.45, 7) is 2.70. The number of amides is 1. The number of fused-ring (bicyclic) bond motifs is 1. The highest BCUT2D eigenvalue weighted by molar-refractivity contribution is 6.02. The zero-order valence-corrected chi connectivity index (χ0v) is 28.7. The van der Waals surface area contributed by atoms with Gasteiger partial charge in [-0.1, -0.05) is 22.9 Å². The van der Waals surface area contributed by atoms with E-state index in [0.29, 0.717) is 76.9 Å². The van der Waals surface area contributed by atoms with E-state index in [0.717, 1.165) is 27.9 Å². The van der Waals surface area contributed by atoms with E-state index in [1.165, 1.54) is 0 Å². The van der Waals surface area contributed by atoms with Crippen LogP contribution in [0.3, 0.4) is 0 Å². The lowest BCUT2D eigenvalue weighted by Crippen LogP contribution is -2.38. The van der Waals surface area contributed by atoms with Crippen molar-refractivity contribution in [3.8, 4) is 62.8 Å². The zero-order valence-electron chi connectivity index (χ0n) is 28.7. The minimum absolute atomic E-state index is 0.130. The van der Waals surface area contributed by atoms with Crippen LogP contribution in [0.1, 0.15) is 34.1 Å². The number of ether oxygens (including phenoxy) is 7. The summed E-state index contributed by atoms with van der Waals surface area (Å²) in [7, 11) is 7.85. The molecule has 2 N–H and O–H groups in total. The number of hydrogen-bond donors (Lipinski definition) is 2. The minimum Gasteiger partial charge on any atom is -0.493 e. The quantitative estimate of drug-likeness (QED) is 0.117. The van der Waals surface area contributed by atoms with E-state index in [9.17, 15) is 4.79 Å². The summed E-state index contributed by atoms with van der Waals surface area (Å²) in [5.74, 6) is 4.21. The van der Waals surface area contributed by atoms with Crippen LogP contribution in [0.5, 0.6) is 40.2 Å². The molecule has 1 aliphatic rings. The summed E-state index contributed by atoms with van der Waals surface area (Å²) in [6, 6.07) is 22.3. The maximum Gasteiger partial charge on any atom is 0.255 e. The fourth-order valence-electron chi connectivity index (χ4n) is 5.66. The first-order valence-corrected chi connectivity index (χ1v) is 15.9. The molecule has 4 aromatic carbocycles. The Hall–Kier alpha value is -6.04. The fourth-order valence-corrected chi connectivity index (χ4v) is 5.66. The van der Waals surface area contributed by atoms with Crippen molar-refractivity contribution in [1.29, 1.82) is 0 Å². The Morgan fingerprint density at radius 2 is 1.34 bits per heavy atom. The molecular formula is C38H39N3O9. The Morgan fingerprint density at radius 1 is 0.660 bits per heavy atom. The number of nitrogens with zero attached hydrogens (tertiary/aromatic N) is 1. The second-order valence-electron chi connectivity index (χ2n) is 11.4. The van der Waals surface area contributed by atoms with Gasteiger partial charge in [0, 0.05) is 29.3 Å². The maximum atomic E-state index is 12.7. The Bertz CT molecular complexity index is 1970. The topological polar surface area (TPSA) is 132 Å². The molecule has 0 saturated heterocycles. The Labute approximate surface area is 290 Å². The van der Waals surface area contributed by atoms with Crippen molar-refractivity contribution in [2.75, 3.05) is 54.1 Å². The summed E-state index contributed by atoms with van der Waals surface area (Å²) >= 11 is 0. The first-order chi connectivity index (χ1) is 24.3. The molecule has 1 aliphatic heterocycles. The second kappa shape index (κ2) is 15.0. The van der Waals surface area contributed by atoms with Gasteiger partial charge in [-0.25, -0.2) is 0 Å². The molecule has 1 amide bonds. The smallest absolute Gasteiger partial charge is 0.255 e. The predicted molar refractivity (Wildman–Crippen MR) is 187 cm³/mol. The van der Waals surface area contributed by atoms with Crippen LogP contribution in [0.2, 0.25) is 0 Å². The molecule has 0 spiro atoms. The Balaban J connectivity index is 1.08. The average Bonchev–Trinajstić information content (AvgIpc) is 3.65. The number of hydrogen-bond acceptors (Lipinski definition) is 11. The van der Waals surface area contributed by atoms with Crippen LogP contribution in [0, 0.1) is 6.92 Å². The molecular weight excluding hydrogens is 642 g/mol. The molecule has 0 saturated carbocycles. The Morgan fingerprint density at radius 3 is 2.04 bits per heavy atom.